The first kappa shape index (κ1) is 19.8. The molecule has 150 valence electrons. The van der Waals surface area contributed by atoms with Gasteiger partial charge in [0.05, 0.1) is 6.54 Å². The van der Waals surface area contributed by atoms with Gasteiger partial charge in [-0.15, -0.1) is 0 Å². The van der Waals surface area contributed by atoms with Gasteiger partial charge in [0.2, 0.25) is 0 Å². The minimum Gasteiger partial charge on any atom is -0.454 e. The van der Waals surface area contributed by atoms with Crippen LogP contribution in [0.25, 0.3) is 0 Å². The summed E-state index contributed by atoms with van der Waals surface area (Å²) in [7, 11) is 3.34. The number of hydrogen-bond acceptors (Lipinski definition) is 4. The molecule has 0 radical (unpaired) electrons. The Hall–Kier alpha value is -2.96. The Kier molecular flexibility index (Phi) is 5.92. The van der Waals surface area contributed by atoms with Gasteiger partial charge in [0.25, 0.3) is 5.91 Å². The maximum absolute atomic E-state index is 12.6. The van der Waals surface area contributed by atoms with E-state index in [0.29, 0.717) is 12.3 Å². The van der Waals surface area contributed by atoms with E-state index in [1.807, 2.05) is 17.0 Å². The van der Waals surface area contributed by atoms with Gasteiger partial charge in [-0.1, -0.05) is 18.2 Å². The van der Waals surface area contributed by atoms with Crippen LogP contribution in [0.3, 0.4) is 0 Å². The van der Waals surface area contributed by atoms with E-state index < -0.39 is 0 Å². The highest BCUT2D eigenvalue weighted by molar-refractivity contribution is 5.91. The van der Waals surface area contributed by atoms with E-state index in [9.17, 15) is 9.59 Å². The lowest BCUT2D eigenvalue weighted by Gasteiger charge is -2.41. The first-order chi connectivity index (χ1) is 13.4. The van der Waals surface area contributed by atoms with Crippen LogP contribution in [0.4, 0.5) is 10.5 Å². The number of para-hydroxylation sites is 1. The van der Waals surface area contributed by atoms with E-state index in [0.717, 1.165) is 13.1 Å². The van der Waals surface area contributed by atoms with Crippen molar-refractivity contribution in [2.24, 2.45) is 0 Å². The number of nitrogens with one attached hydrogen (secondary N) is 1. The summed E-state index contributed by atoms with van der Waals surface area (Å²) in [6.07, 6.45) is 0. The molecule has 28 heavy (non-hydrogen) atoms. The summed E-state index contributed by atoms with van der Waals surface area (Å²) in [5.74, 6) is 0.637. The fourth-order valence-corrected chi connectivity index (χ4v) is 3.47. The second kappa shape index (κ2) is 8.37. The minimum absolute atomic E-state index is 0.0934. The number of amides is 3. The third-order valence-electron chi connectivity index (χ3n) is 5.04. The average Bonchev–Trinajstić information content (AvgIpc) is 3.14. The van der Waals surface area contributed by atoms with Gasteiger partial charge in [-0.25, -0.2) is 4.79 Å². The number of benzene rings is 1. The van der Waals surface area contributed by atoms with Gasteiger partial charge >= 0.3 is 6.03 Å². The average molecular weight is 384 g/mol. The van der Waals surface area contributed by atoms with Gasteiger partial charge in [-0.3, -0.25) is 4.79 Å². The molecule has 1 aliphatic rings. The number of furan rings is 1. The van der Waals surface area contributed by atoms with Crippen molar-refractivity contribution in [3.05, 3.63) is 53.5 Å². The molecule has 1 aromatic carbocycles. The number of aryl methyl sites for hydroxylation is 1. The fourth-order valence-electron chi connectivity index (χ4n) is 3.47. The standard InChI is InChI=1S/C21H28N4O3/c1-15-7-5-6-8-18(15)24-11-12-25(16(2)14-24)21(27)22-13-17-9-10-19(28-17)20(26)23(3)4/h5-10,16H,11-14H2,1-4H3,(H,22,27)/t16-/m1/s1. The van der Waals surface area contributed by atoms with E-state index in [4.69, 9.17) is 4.42 Å². The van der Waals surface area contributed by atoms with Crippen molar-refractivity contribution < 1.29 is 14.0 Å². The Balaban J connectivity index is 1.54. The number of rotatable bonds is 4. The summed E-state index contributed by atoms with van der Waals surface area (Å²) in [6, 6.07) is 11.6. The molecule has 1 fully saturated rings. The number of urea groups is 1. The molecule has 1 aromatic heterocycles. The van der Waals surface area contributed by atoms with E-state index in [1.165, 1.54) is 16.2 Å². The molecule has 1 N–H and O–H groups in total. The van der Waals surface area contributed by atoms with Gasteiger partial charge in [0, 0.05) is 45.5 Å². The monoisotopic (exact) mass is 384 g/mol. The Morgan fingerprint density at radius 3 is 2.61 bits per heavy atom. The van der Waals surface area contributed by atoms with Crippen LogP contribution in [-0.4, -0.2) is 61.5 Å². The second-order valence-corrected chi connectivity index (χ2v) is 7.40. The fraction of sp³-hybridized carbons (Fsp3) is 0.429. The van der Waals surface area contributed by atoms with E-state index in [2.05, 4.69) is 36.2 Å². The Morgan fingerprint density at radius 2 is 1.93 bits per heavy atom. The van der Waals surface area contributed by atoms with Crippen LogP contribution in [0.1, 0.15) is 28.8 Å². The molecule has 2 heterocycles. The lowest BCUT2D eigenvalue weighted by molar-refractivity contribution is 0.0794. The van der Waals surface area contributed by atoms with Crippen LogP contribution in [0.2, 0.25) is 0 Å². The maximum atomic E-state index is 12.6. The van der Waals surface area contributed by atoms with E-state index in [-0.39, 0.29) is 30.3 Å². The molecule has 2 aromatic rings. The SMILES string of the molecule is Cc1ccccc1N1CCN(C(=O)NCc2ccc(C(=O)N(C)C)o2)[C@H](C)C1. The van der Waals surface area contributed by atoms with Crippen LogP contribution < -0.4 is 10.2 Å². The number of hydrogen-bond donors (Lipinski definition) is 1. The first-order valence-corrected chi connectivity index (χ1v) is 9.52. The van der Waals surface area contributed by atoms with Crippen molar-refractivity contribution in [1.82, 2.24) is 15.1 Å². The molecule has 0 bridgehead atoms. The predicted molar refractivity (Wildman–Crippen MR) is 109 cm³/mol. The summed E-state index contributed by atoms with van der Waals surface area (Å²) in [5.41, 5.74) is 2.47. The van der Waals surface area contributed by atoms with Crippen LogP contribution in [0.5, 0.6) is 0 Å². The highest BCUT2D eigenvalue weighted by atomic mass is 16.4. The summed E-state index contributed by atoms with van der Waals surface area (Å²) in [4.78, 5) is 30.1. The predicted octanol–water partition coefficient (Wildman–Crippen LogP) is 2.71. The van der Waals surface area contributed by atoms with Crippen LogP contribution >= 0.6 is 0 Å². The van der Waals surface area contributed by atoms with Gasteiger partial charge in [0.1, 0.15) is 5.76 Å². The second-order valence-electron chi connectivity index (χ2n) is 7.40. The molecule has 3 rings (SSSR count). The van der Waals surface area contributed by atoms with Crippen LogP contribution in [-0.2, 0) is 6.54 Å². The van der Waals surface area contributed by atoms with Crippen molar-refractivity contribution in [2.75, 3.05) is 38.6 Å². The van der Waals surface area contributed by atoms with E-state index in [1.54, 1.807) is 26.2 Å². The zero-order chi connectivity index (χ0) is 20.3. The molecule has 0 spiro atoms. The van der Waals surface area contributed by atoms with Gasteiger partial charge in [0.15, 0.2) is 5.76 Å². The van der Waals surface area contributed by atoms with Crippen molar-refractivity contribution in [2.45, 2.75) is 26.4 Å². The molecule has 7 nitrogen and oxygen atoms in total. The van der Waals surface area contributed by atoms with E-state index >= 15 is 0 Å². The molecule has 1 atom stereocenters. The number of piperazine rings is 1. The minimum atomic E-state index is -0.196. The number of carbonyl (C=O) groups excluding carboxylic acids is 2. The highest BCUT2D eigenvalue weighted by Crippen LogP contribution is 2.23. The zero-order valence-corrected chi connectivity index (χ0v) is 16.9. The zero-order valence-electron chi connectivity index (χ0n) is 16.9. The molecule has 1 saturated heterocycles. The number of carbonyl (C=O) groups is 2. The molecular formula is C21H28N4O3. The van der Waals surface area contributed by atoms with Crippen molar-refractivity contribution >= 4 is 17.6 Å². The third kappa shape index (κ3) is 4.30. The van der Waals surface area contributed by atoms with Gasteiger partial charge in [-0.05, 0) is 37.6 Å². The highest BCUT2D eigenvalue weighted by Gasteiger charge is 2.28. The molecular weight excluding hydrogens is 356 g/mol. The van der Waals surface area contributed by atoms with Crippen LogP contribution in [0, 0.1) is 6.92 Å². The Labute approximate surface area is 165 Å². The summed E-state index contributed by atoms with van der Waals surface area (Å²) in [5, 5.41) is 2.90. The number of nitrogens with zero attached hydrogens (tertiary/aromatic N) is 3. The Bertz CT molecular complexity index is 846. The smallest absolute Gasteiger partial charge is 0.318 e. The molecule has 0 unspecified atom stereocenters. The molecule has 7 heteroatoms. The summed E-state index contributed by atoms with van der Waals surface area (Å²) in [6.45, 7) is 6.67. The molecule has 0 saturated carbocycles. The quantitative estimate of drug-likeness (QED) is 0.880. The lowest BCUT2D eigenvalue weighted by atomic mass is 10.1. The normalized spacial score (nSPS) is 16.8. The van der Waals surface area contributed by atoms with Gasteiger partial charge in [-0.2, -0.15) is 0 Å². The van der Waals surface area contributed by atoms with Crippen molar-refractivity contribution in [3.8, 4) is 0 Å². The van der Waals surface area contributed by atoms with Crippen molar-refractivity contribution in [1.29, 1.82) is 0 Å². The third-order valence-corrected chi connectivity index (χ3v) is 5.04. The Morgan fingerprint density at radius 1 is 1.18 bits per heavy atom. The topological polar surface area (TPSA) is 69.0 Å². The first-order valence-electron chi connectivity index (χ1n) is 9.52. The van der Waals surface area contributed by atoms with Crippen LogP contribution in [0.15, 0.2) is 40.8 Å². The number of anilines is 1. The summed E-state index contributed by atoms with van der Waals surface area (Å²) < 4.78 is 5.53. The van der Waals surface area contributed by atoms with Crippen molar-refractivity contribution in [3.63, 3.8) is 0 Å². The van der Waals surface area contributed by atoms with Gasteiger partial charge < -0.3 is 24.4 Å². The molecule has 0 aliphatic carbocycles. The molecule has 3 amide bonds. The largest absolute Gasteiger partial charge is 0.454 e. The summed E-state index contributed by atoms with van der Waals surface area (Å²) >= 11 is 0. The lowest BCUT2D eigenvalue weighted by Crippen LogP contribution is -2.56. The maximum Gasteiger partial charge on any atom is 0.318 e. The molecule has 1 aliphatic heterocycles.